The highest BCUT2D eigenvalue weighted by molar-refractivity contribution is 5.82. The van der Waals surface area contributed by atoms with Crippen LogP contribution in [0.4, 0.5) is 4.79 Å². The second-order valence-electron chi connectivity index (χ2n) is 13.5. The zero-order valence-electron chi connectivity index (χ0n) is 28.0. The molecule has 4 rings (SSSR count). The Morgan fingerprint density at radius 2 is 1.89 bits per heavy atom. The SMILES string of the molecule is C=C/C=C(\C=C/C)C1CCN(C(=O)NC[C@@H](C)c2c(OCC(C)(C)C(=O)NCCC3CC3)nn(N)c2-c2cc(C)cc(C)c2)C1. The van der Waals surface area contributed by atoms with E-state index >= 15 is 0 Å². The number of hydrogen-bond donors (Lipinski definition) is 3. The van der Waals surface area contributed by atoms with Gasteiger partial charge in [0.15, 0.2) is 0 Å². The van der Waals surface area contributed by atoms with Crippen molar-refractivity contribution in [1.29, 1.82) is 0 Å². The van der Waals surface area contributed by atoms with Gasteiger partial charge >= 0.3 is 6.03 Å². The van der Waals surface area contributed by atoms with Crippen molar-refractivity contribution in [3.05, 3.63) is 71.3 Å². The number of nitrogens with zero attached hydrogens (tertiary/aromatic N) is 3. The highest BCUT2D eigenvalue weighted by Gasteiger charge is 2.33. The minimum Gasteiger partial charge on any atom is -0.475 e. The Bertz CT molecular complexity index is 1410. The van der Waals surface area contributed by atoms with Gasteiger partial charge in [-0.15, -0.1) is 5.10 Å². The molecule has 0 spiro atoms. The van der Waals surface area contributed by atoms with Crippen molar-refractivity contribution >= 4 is 11.9 Å². The lowest BCUT2D eigenvalue weighted by atomic mass is 9.93. The minimum atomic E-state index is -0.769. The van der Waals surface area contributed by atoms with E-state index in [1.54, 1.807) is 6.08 Å². The molecule has 2 fully saturated rings. The summed E-state index contributed by atoms with van der Waals surface area (Å²) in [5.41, 5.74) is 5.09. The van der Waals surface area contributed by atoms with Gasteiger partial charge < -0.3 is 26.1 Å². The molecule has 2 aromatic rings. The van der Waals surface area contributed by atoms with Crippen molar-refractivity contribution in [1.82, 2.24) is 25.4 Å². The molecule has 1 aliphatic heterocycles. The first kappa shape index (κ1) is 33.9. The van der Waals surface area contributed by atoms with E-state index in [1.165, 1.54) is 23.2 Å². The number of aryl methyl sites for hydroxylation is 2. The molecule has 244 valence electrons. The number of benzene rings is 1. The molecule has 1 saturated heterocycles. The fourth-order valence-corrected chi connectivity index (χ4v) is 6.05. The van der Waals surface area contributed by atoms with E-state index in [0.717, 1.165) is 46.7 Å². The smallest absolute Gasteiger partial charge is 0.317 e. The fraction of sp³-hybridized carbons (Fsp3) is 0.528. The maximum atomic E-state index is 13.3. The van der Waals surface area contributed by atoms with E-state index < -0.39 is 5.41 Å². The van der Waals surface area contributed by atoms with Crippen LogP contribution in [-0.4, -0.2) is 59.5 Å². The number of ether oxygens (including phenoxy) is 1. The third-order valence-electron chi connectivity index (χ3n) is 8.80. The summed E-state index contributed by atoms with van der Waals surface area (Å²) in [5, 5.41) is 10.8. The van der Waals surface area contributed by atoms with Crippen LogP contribution in [0.25, 0.3) is 11.3 Å². The molecule has 0 bridgehead atoms. The molecule has 9 heteroatoms. The molecule has 45 heavy (non-hydrogen) atoms. The van der Waals surface area contributed by atoms with Crippen LogP contribution in [0, 0.1) is 31.1 Å². The number of likely N-dealkylation sites (tertiary alicyclic amines) is 1. The van der Waals surface area contributed by atoms with E-state index in [4.69, 9.17) is 10.6 Å². The first-order valence-electron chi connectivity index (χ1n) is 16.3. The monoisotopic (exact) mass is 616 g/mol. The quantitative estimate of drug-likeness (QED) is 0.177. The third-order valence-corrected chi connectivity index (χ3v) is 8.80. The molecule has 2 aliphatic rings. The number of nitrogens with two attached hydrogens (primary N) is 1. The molecule has 1 unspecified atom stereocenters. The summed E-state index contributed by atoms with van der Waals surface area (Å²) in [6.07, 6.45) is 12.4. The number of nitrogens with one attached hydrogen (secondary N) is 2. The third kappa shape index (κ3) is 8.80. The second-order valence-corrected chi connectivity index (χ2v) is 13.5. The summed E-state index contributed by atoms with van der Waals surface area (Å²) < 4.78 is 6.30. The van der Waals surface area contributed by atoms with Crippen LogP contribution >= 0.6 is 0 Å². The summed E-state index contributed by atoms with van der Waals surface area (Å²) in [6, 6.07) is 6.17. The summed E-state index contributed by atoms with van der Waals surface area (Å²) in [4.78, 5) is 29.5. The average Bonchev–Trinajstić information content (AvgIpc) is 3.55. The van der Waals surface area contributed by atoms with Crippen LogP contribution < -0.4 is 21.2 Å². The molecule has 0 radical (unpaired) electrons. The lowest BCUT2D eigenvalue weighted by molar-refractivity contribution is -0.130. The maximum absolute atomic E-state index is 13.3. The molecule has 3 amide bonds. The Morgan fingerprint density at radius 1 is 1.18 bits per heavy atom. The topological polar surface area (TPSA) is 115 Å². The molecule has 1 aliphatic carbocycles. The number of hydrogen-bond acceptors (Lipinski definition) is 5. The van der Waals surface area contributed by atoms with Gasteiger partial charge in [0.2, 0.25) is 11.8 Å². The normalized spacial score (nSPS) is 17.9. The maximum Gasteiger partial charge on any atom is 0.317 e. The predicted octanol–water partition coefficient (Wildman–Crippen LogP) is 6.03. The zero-order chi connectivity index (χ0) is 32.7. The number of nitrogen functional groups attached to an aromatic ring is 1. The predicted molar refractivity (Wildman–Crippen MR) is 182 cm³/mol. The van der Waals surface area contributed by atoms with Crippen molar-refractivity contribution < 1.29 is 14.3 Å². The highest BCUT2D eigenvalue weighted by atomic mass is 16.5. The number of rotatable bonds is 14. The Balaban J connectivity index is 1.50. The van der Waals surface area contributed by atoms with Gasteiger partial charge in [0.1, 0.15) is 6.61 Å². The number of carbonyl (C=O) groups excluding carboxylic acids is 2. The van der Waals surface area contributed by atoms with E-state index in [0.29, 0.717) is 32.1 Å². The average molecular weight is 617 g/mol. The molecular formula is C36H52N6O3. The molecule has 4 N–H and O–H groups in total. The van der Waals surface area contributed by atoms with E-state index in [2.05, 4.69) is 46.6 Å². The van der Waals surface area contributed by atoms with Crippen LogP contribution in [-0.2, 0) is 4.79 Å². The van der Waals surface area contributed by atoms with Crippen molar-refractivity contribution in [2.24, 2.45) is 17.3 Å². The number of carbonyl (C=O) groups is 2. The van der Waals surface area contributed by atoms with Gasteiger partial charge in [-0.2, -0.15) is 4.79 Å². The molecule has 2 heterocycles. The molecular weight excluding hydrogens is 564 g/mol. The standard InChI is InChI=1S/C36H52N6O3/c1-8-10-28(11-9-2)29-15-17-41(22-29)35(44)39-21-26(5)31-32(30-19-24(3)18-25(4)20-30)42(37)40-33(31)45-23-36(6,7)34(43)38-16-14-27-12-13-27/h8-11,18-20,26-27,29H,1,12-17,21-23,37H2,2-7H3,(H,38,43)(H,39,44)/b11-9-,28-10+/t26-,29?/m1/s1. The van der Waals surface area contributed by atoms with E-state index in [9.17, 15) is 9.59 Å². The lowest BCUT2D eigenvalue weighted by Gasteiger charge is -2.24. The largest absolute Gasteiger partial charge is 0.475 e. The highest BCUT2D eigenvalue weighted by Crippen LogP contribution is 2.37. The van der Waals surface area contributed by atoms with E-state index in [1.807, 2.05) is 58.6 Å². The van der Waals surface area contributed by atoms with Gasteiger partial charge in [-0.05, 0) is 71.1 Å². The second kappa shape index (κ2) is 14.8. The van der Waals surface area contributed by atoms with Crippen molar-refractivity contribution in [3.8, 4) is 17.1 Å². The molecule has 1 saturated carbocycles. The van der Waals surface area contributed by atoms with Crippen LogP contribution in [0.5, 0.6) is 5.88 Å². The first-order valence-corrected chi connectivity index (χ1v) is 16.3. The fourth-order valence-electron chi connectivity index (χ4n) is 6.05. The van der Waals surface area contributed by atoms with E-state index in [-0.39, 0.29) is 30.4 Å². The number of urea groups is 1. The van der Waals surface area contributed by atoms with Crippen molar-refractivity contribution in [3.63, 3.8) is 0 Å². The summed E-state index contributed by atoms with van der Waals surface area (Å²) >= 11 is 0. The van der Waals surface area contributed by atoms with Crippen LogP contribution in [0.1, 0.15) is 76.0 Å². The zero-order valence-corrected chi connectivity index (χ0v) is 28.0. The van der Waals surface area contributed by atoms with Crippen LogP contribution in [0.3, 0.4) is 0 Å². The number of allylic oxidation sites excluding steroid dienone is 4. The summed E-state index contributed by atoms with van der Waals surface area (Å²) in [6.45, 7) is 18.3. The molecule has 1 aromatic heterocycles. The Morgan fingerprint density at radius 3 is 2.53 bits per heavy atom. The molecule has 2 atom stereocenters. The van der Waals surface area contributed by atoms with Crippen molar-refractivity contribution in [2.45, 2.75) is 73.1 Å². The Labute approximate surface area is 268 Å². The first-order chi connectivity index (χ1) is 21.4. The van der Waals surface area contributed by atoms with Gasteiger partial charge in [0.05, 0.1) is 11.1 Å². The van der Waals surface area contributed by atoms with Gasteiger partial charge in [-0.25, -0.2) is 4.79 Å². The summed E-state index contributed by atoms with van der Waals surface area (Å²) in [5.74, 6) is 7.68. The number of amides is 3. The molecule has 1 aromatic carbocycles. The van der Waals surface area contributed by atoms with Gasteiger partial charge in [-0.3, -0.25) is 4.79 Å². The molecule has 9 nitrogen and oxygen atoms in total. The number of aromatic nitrogens is 2. The van der Waals surface area contributed by atoms with Crippen LogP contribution in [0.15, 0.2) is 54.7 Å². The van der Waals surface area contributed by atoms with Crippen LogP contribution in [0.2, 0.25) is 0 Å². The Kier molecular flexibility index (Phi) is 11.2. The minimum absolute atomic E-state index is 0.0452. The lowest BCUT2D eigenvalue weighted by Crippen LogP contribution is -2.41. The van der Waals surface area contributed by atoms with Gasteiger partial charge in [-0.1, -0.05) is 67.8 Å². The van der Waals surface area contributed by atoms with Gasteiger partial charge in [0.25, 0.3) is 0 Å². The summed E-state index contributed by atoms with van der Waals surface area (Å²) in [7, 11) is 0. The van der Waals surface area contributed by atoms with Gasteiger partial charge in [0, 0.05) is 49.1 Å². The van der Waals surface area contributed by atoms with Crippen molar-refractivity contribution in [2.75, 3.05) is 38.6 Å². The Hall–Kier alpha value is -4.01.